The lowest BCUT2D eigenvalue weighted by Crippen LogP contribution is -2.31. The molecule has 1 aromatic heterocycles. The summed E-state index contributed by atoms with van der Waals surface area (Å²) in [5.74, 6) is 2.72. The number of nitrogens with zero attached hydrogens (tertiary/aromatic N) is 2. The van der Waals surface area contributed by atoms with E-state index in [4.69, 9.17) is 14.5 Å². The third-order valence-corrected chi connectivity index (χ3v) is 6.15. The maximum atomic E-state index is 12.2. The Morgan fingerprint density at radius 2 is 1.97 bits per heavy atom. The number of benzene rings is 2. The van der Waals surface area contributed by atoms with Gasteiger partial charge in [-0.15, -0.1) is 6.58 Å². The summed E-state index contributed by atoms with van der Waals surface area (Å²) in [6, 6.07) is 14.1. The van der Waals surface area contributed by atoms with E-state index in [0.29, 0.717) is 19.7 Å². The Morgan fingerprint density at radius 1 is 1.18 bits per heavy atom. The number of fused-ring (bicyclic) bond motifs is 1. The molecule has 0 aliphatic carbocycles. The molecule has 0 saturated carbocycles. The van der Waals surface area contributed by atoms with Gasteiger partial charge in [0.05, 0.1) is 24.7 Å². The van der Waals surface area contributed by atoms with Crippen molar-refractivity contribution in [1.29, 1.82) is 0 Å². The first-order chi connectivity index (χ1) is 16.6. The smallest absolute Gasteiger partial charge is 0.223 e. The molecule has 6 heteroatoms. The molecule has 0 bridgehead atoms. The minimum Gasteiger partial charge on any atom is -0.493 e. The Bertz CT molecular complexity index is 1090. The number of carbonyl (C=O) groups is 1. The van der Waals surface area contributed by atoms with Gasteiger partial charge in [-0.2, -0.15) is 0 Å². The Labute approximate surface area is 203 Å². The number of nitrogens with one attached hydrogen (secondary N) is 1. The standard InChI is InChI=1S/C28H37N3O3/c1-5-11-21-15-16-25(26(20-21)33-4)34-19-18-31-24-13-9-8-12-23(24)30-27(31)14-10-17-29-28(32)22(6-2)7-3/h5,8-9,12-13,15-16,20,22H,1,6-7,10-11,14,17-19H2,2-4H3,(H,29,32). The van der Waals surface area contributed by atoms with Gasteiger partial charge in [0, 0.05) is 18.9 Å². The molecule has 3 aromatic rings. The minimum atomic E-state index is 0.101. The lowest BCUT2D eigenvalue weighted by atomic mass is 10.0. The van der Waals surface area contributed by atoms with Crippen LogP contribution in [0, 0.1) is 5.92 Å². The Morgan fingerprint density at radius 3 is 2.71 bits per heavy atom. The molecule has 1 heterocycles. The van der Waals surface area contributed by atoms with Crippen LogP contribution in [0.3, 0.4) is 0 Å². The van der Waals surface area contributed by atoms with Crippen LogP contribution in [0.1, 0.15) is 44.5 Å². The predicted molar refractivity (Wildman–Crippen MR) is 138 cm³/mol. The fraction of sp³-hybridized carbons (Fsp3) is 0.429. The molecule has 0 aliphatic heterocycles. The SMILES string of the molecule is C=CCc1ccc(OCCn2c(CCCNC(=O)C(CC)CC)nc3ccccc32)c(OC)c1. The second-order valence-electron chi connectivity index (χ2n) is 8.40. The van der Waals surface area contributed by atoms with E-state index in [1.807, 2.05) is 42.5 Å². The van der Waals surface area contributed by atoms with Crippen LogP contribution in [-0.2, 0) is 24.2 Å². The zero-order valence-electron chi connectivity index (χ0n) is 20.7. The van der Waals surface area contributed by atoms with Crippen molar-refractivity contribution in [3.63, 3.8) is 0 Å². The lowest BCUT2D eigenvalue weighted by Gasteiger charge is -2.14. The van der Waals surface area contributed by atoms with Crippen LogP contribution in [-0.4, -0.2) is 35.7 Å². The van der Waals surface area contributed by atoms with Crippen molar-refractivity contribution >= 4 is 16.9 Å². The van der Waals surface area contributed by atoms with Crippen LogP contribution in [0.25, 0.3) is 11.0 Å². The number of hydrogen-bond donors (Lipinski definition) is 1. The van der Waals surface area contributed by atoms with Gasteiger partial charge >= 0.3 is 0 Å². The normalized spacial score (nSPS) is 11.1. The zero-order valence-corrected chi connectivity index (χ0v) is 20.7. The van der Waals surface area contributed by atoms with Crippen LogP contribution in [0.4, 0.5) is 0 Å². The summed E-state index contributed by atoms with van der Waals surface area (Å²) in [7, 11) is 1.66. The van der Waals surface area contributed by atoms with E-state index in [0.717, 1.165) is 66.0 Å². The molecular weight excluding hydrogens is 426 g/mol. The minimum absolute atomic E-state index is 0.101. The first kappa shape index (κ1) is 25.3. The maximum absolute atomic E-state index is 12.2. The van der Waals surface area contributed by atoms with Crippen molar-refractivity contribution < 1.29 is 14.3 Å². The summed E-state index contributed by atoms with van der Waals surface area (Å²) in [4.78, 5) is 17.1. The molecule has 1 amide bonds. The highest BCUT2D eigenvalue weighted by Crippen LogP contribution is 2.28. The largest absolute Gasteiger partial charge is 0.493 e. The van der Waals surface area contributed by atoms with E-state index < -0.39 is 0 Å². The molecule has 0 unspecified atom stereocenters. The van der Waals surface area contributed by atoms with Gasteiger partial charge in [0.15, 0.2) is 11.5 Å². The van der Waals surface area contributed by atoms with Gasteiger partial charge in [-0.25, -0.2) is 4.98 Å². The third kappa shape index (κ3) is 6.40. The van der Waals surface area contributed by atoms with E-state index in [-0.39, 0.29) is 11.8 Å². The van der Waals surface area contributed by atoms with Gasteiger partial charge < -0.3 is 19.4 Å². The molecule has 6 nitrogen and oxygen atoms in total. The molecule has 0 fully saturated rings. The molecule has 0 aliphatic rings. The number of methoxy groups -OCH3 is 1. The molecular formula is C28H37N3O3. The van der Waals surface area contributed by atoms with Crippen LogP contribution in [0.15, 0.2) is 55.1 Å². The van der Waals surface area contributed by atoms with E-state index in [9.17, 15) is 4.79 Å². The second-order valence-corrected chi connectivity index (χ2v) is 8.40. The summed E-state index contributed by atoms with van der Waals surface area (Å²) in [6.45, 7) is 9.74. The number of amides is 1. The van der Waals surface area contributed by atoms with Gasteiger partial charge in [0.2, 0.25) is 5.91 Å². The quantitative estimate of drug-likeness (QED) is 0.259. The number of carbonyl (C=O) groups excluding carboxylic acids is 1. The van der Waals surface area contributed by atoms with Crippen molar-refractivity contribution in [1.82, 2.24) is 14.9 Å². The molecule has 1 N–H and O–H groups in total. The van der Waals surface area contributed by atoms with Crippen molar-refractivity contribution in [2.45, 2.75) is 52.5 Å². The highest BCUT2D eigenvalue weighted by molar-refractivity contribution is 5.78. The zero-order chi connectivity index (χ0) is 24.3. The number of hydrogen-bond acceptors (Lipinski definition) is 4. The van der Waals surface area contributed by atoms with Crippen LogP contribution < -0.4 is 14.8 Å². The number of aromatic nitrogens is 2. The Hall–Kier alpha value is -3.28. The van der Waals surface area contributed by atoms with Gasteiger partial charge in [-0.3, -0.25) is 4.79 Å². The number of para-hydroxylation sites is 2. The van der Waals surface area contributed by atoms with E-state index >= 15 is 0 Å². The molecule has 182 valence electrons. The van der Waals surface area contributed by atoms with Gasteiger partial charge in [-0.05, 0) is 55.5 Å². The average Bonchev–Trinajstić information content (AvgIpc) is 3.21. The Balaban J connectivity index is 1.64. The summed E-state index contributed by atoms with van der Waals surface area (Å²) in [6.07, 6.45) is 6.04. The van der Waals surface area contributed by atoms with E-state index in [1.54, 1.807) is 7.11 Å². The molecule has 0 saturated heterocycles. The van der Waals surface area contributed by atoms with E-state index in [1.165, 1.54) is 0 Å². The Kier molecular flexibility index (Phi) is 9.56. The van der Waals surface area contributed by atoms with Gasteiger partial charge in [0.25, 0.3) is 0 Å². The highest BCUT2D eigenvalue weighted by atomic mass is 16.5. The molecule has 3 rings (SSSR count). The first-order valence-corrected chi connectivity index (χ1v) is 12.2. The predicted octanol–water partition coefficient (Wildman–Crippen LogP) is 5.34. The molecule has 0 spiro atoms. The lowest BCUT2D eigenvalue weighted by molar-refractivity contribution is -0.125. The number of rotatable bonds is 14. The number of allylic oxidation sites excluding steroid dienone is 1. The fourth-order valence-electron chi connectivity index (χ4n) is 4.20. The molecule has 0 atom stereocenters. The summed E-state index contributed by atoms with van der Waals surface area (Å²) >= 11 is 0. The van der Waals surface area contributed by atoms with E-state index in [2.05, 4.69) is 36.4 Å². The number of ether oxygens (including phenoxy) is 2. The van der Waals surface area contributed by atoms with Gasteiger partial charge in [0.1, 0.15) is 12.4 Å². The summed E-state index contributed by atoms with van der Waals surface area (Å²) in [5, 5.41) is 3.08. The summed E-state index contributed by atoms with van der Waals surface area (Å²) in [5.41, 5.74) is 3.21. The topological polar surface area (TPSA) is 65.4 Å². The van der Waals surface area contributed by atoms with Crippen molar-refractivity contribution in [2.75, 3.05) is 20.3 Å². The van der Waals surface area contributed by atoms with Crippen molar-refractivity contribution in [3.05, 3.63) is 66.5 Å². The van der Waals surface area contributed by atoms with Crippen LogP contribution in [0.5, 0.6) is 11.5 Å². The number of imidazole rings is 1. The maximum Gasteiger partial charge on any atom is 0.223 e. The number of aryl methyl sites for hydroxylation is 1. The summed E-state index contributed by atoms with van der Waals surface area (Å²) < 4.78 is 13.8. The van der Waals surface area contributed by atoms with Crippen molar-refractivity contribution in [2.24, 2.45) is 5.92 Å². The first-order valence-electron chi connectivity index (χ1n) is 12.2. The van der Waals surface area contributed by atoms with Crippen molar-refractivity contribution in [3.8, 4) is 11.5 Å². The highest BCUT2D eigenvalue weighted by Gasteiger charge is 2.14. The molecule has 2 aromatic carbocycles. The van der Waals surface area contributed by atoms with Crippen LogP contribution >= 0.6 is 0 Å². The third-order valence-electron chi connectivity index (χ3n) is 6.15. The molecule has 34 heavy (non-hydrogen) atoms. The monoisotopic (exact) mass is 463 g/mol. The van der Waals surface area contributed by atoms with Gasteiger partial charge in [-0.1, -0.05) is 38.1 Å². The molecule has 0 radical (unpaired) electrons. The van der Waals surface area contributed by atoms with Crippen LogP contribution in [0.2, 0.25) is 0 Å². The second kappa shape index (κ2) is 12.8. The average molecular weight is 464 g/mol. The fourth-order valence-corrected chi connectivity index (χ4v) is 4.20.